The van der Waals surface area contributed by atoms with Gasteiger partial charge in [0.2, 0.25) is 0 Å². The van der Waals surface area contributed by atoms with Gasteiger partial charge in [0, 0.05) is 18.8 Å². The number of benzene rings is 1. The van der Waals surface area contributed by atoms with Crippen LogP contribution >= 0.6 is 0 Å². The van der Waals surface area contributed by atoms with Crippen LogP contribution in [0.3, 0.4) is 0 Å². The van der Waals surface area contributed by atoms with Crippen LogP contribution in [0.4, 0.5) is 0 Å². The molecule has 2 rings (SSSR count). The summed E-state index contributed by atoms with van der Waals surface area (Å²) in [5.41, 5.74) is 2.31. The molecule has 0 radical (unpaired) electrons. The predicted octanol–water partition coefficient (Wildman–Crippen LogP) is 2.59. The van der Waals surface area contributed by atoms with Crippen molar-refractivity contribution in [1.29, 1.82) is 0 Å². The van der Waals surface area contributed by atoms with Gasteiger partial charge in [-0.2, -0.15) is 0 Å². The van der Waals surface area contributed by atoms with Gasteiger partial charge >= 0.3 is 0 Å². The largest absolute Gasteiger partial charge is 0.508 e. The summed E-state index contributed by atoms with van der Waals surface area (Å²) < 4.78 is 5.32. The zero-order valence-electron chi connectivity index (χ0n) is 8.49. The van der Waals surface area contributed by atoms with Gasteiger partial charge in [-0.05, 0) is 37.3 Å². The third-order valence-electron chi connectivity index (χ3n) is 2.93. The van der Waals surface area contributed by atoms with Crippen molar-refractivity contribution < 1.29 is 9.84 Å². The van der Waals surface area contributed by atoms with Crippen molar-refractivity contribution in [2.75, 3.05) is 13.2 Å². The quantitative estimate of drug-likeness (QED) is 0.741. The molecule has 0 aliphatic carbocycles. The van der Waals surface area contributed by atoms with Gasteiger partial charge in [0.15, 0.2) is 0 Å². The van der Waals surface area contributed by atoms with E-state index in [9.17, 15) is 5.11 Å². The molecule has 2 heteroatoms. The zero-order valence-corrected chi connectivity index (χ0v) is 8.49. The van der Waals surface area contributed by atoms with Crippen LogP contribution in [0.5, 0.6) is 5.75 Å². The maximum Gasteiger partial charge on any atom is 0.119 e. The Bertz CT molecular complexity index is 294. The minimum atomic E-state index is 0.442. The molecule has 0 bridgehead atoms. The van der Waals surface area contributed by atoms with Crippen molar-refractivity contribution in [2.24, 2.45) is 0 Å². The first-order valence-corrected chi connectivity index (χ1v) is 5.15. The minimum absolute atomic E-state index is 0.442. The van der Waals surface area contributed by atoms with Crippen molar-refractivity contribution in [3.63, 3.8) is 0 Å². The average molecular weight is 192 g/mol. The summed E-state index contributed by atoms with van der Waals surface area (Å²) in [6.07, 6.45) is 2.05. The van der Waals surface area contributed by atoms with E-state index in [1.807, 2.05) is 6.07 Å². The van der Waals surface area contributed by atoms with Crippen molar-refractivity contribution in [3.05, 3.63) is 29.3 Å². The number of phenolic OH excluding ortho intramolecular Hbond substituents is 1. The van der Waals surface area contributed by atoms with E-state index in [-0.39, 0.29) is 0 Å². The van der Waals surface area contributed by atoms with Crippen molar-refractivity contribution in [3.8, 4) is 5.75 Å². The smallest absolute Gasteiger partial charge is 0.119 e. The minimum Gasteiger partial charge on any atom is -0.508 e. The molecule has 0 spiro atoms. The highest BCUT2D eigenvalue weighted by Gasteiger charge is 2.20. The summed E-state index contributed by atoms with van der Waals surface area (Å²) >= 11 is 0. The molecule has 1 aliphatic rings. The Morgan fingerprint density at radius 1 is 1.29 bits per heavy atom. The van der Waals surface area contributed by atoms with Gasteiger partial charge in [-0.15, -0.1) is 0 Å². The second-order valence-corrected chi connectivity index (χ2v) is 3.89. The van der Waals surface area contributed by atoms with Crippen LogP contribution in [0.15, 0.2) is 18.2 Å². The van der Waals surface area contributed by atoms with Crippen LogP contribution in [0, 0.1) is 6.92 Å². The second-order valence-electron chi connectivity index (χ2n) is 3.89. The molecule has 0 saturated carbocycles. The topological polar surface area (TPSA) is 29.5 Å². The van der Waals surface area contributed by atoms with Gasteiger partial charge in [-0.25, -0.2) is 0 Å². The molecule has 76 valence electrons. The monoisotopic (exact) mass is 192 g/mol. The van der Waals surface area contributed by atoms with E-state index in [2.05, 4.69) is 13.0 Å². The lowest BCUT2D eigenvalue weighted by molar-refractivity contribution is 0.0847. The number of rotatable bonds is 1. The first kappa shape index (κ1) is 9.53. The predicted molar refractivity (Wildman–Crippen MR) is 55.6 cm³/mol. The Morgan fingerprint density at radius 3 is 2.64 bits per heavy atom. The average Bonchev–Trinajstić information content (AvgIpc) is 2.19. The summed E-state index contributed by atoms with van der Waals surface area (Å²) in [5.74, 6) is 0.918. The first-order valence-electron chi connectivity index (χ1n) is 5.15. The molecule has 1 aromatic rings. The molecule has 1 aliphatic heterocycles. The van der Waals surface area contributed by atoms with E-state index in [4.69, 9.17) is 4.74 Å². The van der Waals surface area contributed by atoms with Crippen LogP contribution in [0.2, 0.25) is 0 Å². The number of phenols is 1. The molecule has 0 atom stereocenters. The molecule has 0 aromatic heterocycles. The summed E-state index contributed by atoms with van der Waals surface area (Å²) in [7, 11) is 0. The molecule has 1 heterocycles. The molecule has 1 saturated heterocycles. The third-order valence-corrected chi connectivity index (χ3v) is 2.93. The van der Waals surface area contributed by atoms with Crippen LogP contribution in [-0.2, 0) is 4.74 Å². The molecule has 0 unspecified atom stereocenters. The molecule has 2 nitrogen and oxygen atoms in total. The lowest BCUT2D eigenvalue weighted by Gasteiger charge is -2.24. The SMILES string of the molecule is Cc1cccc(O)c1C1CCOCC1. The maximum atomic E-state index is 9.80. The zero-order chi connectivity index (χ0) is 9.97. The molecular formula is C12H16O2. The van der Waals surface area contributed by atoms with Gasteiger partial charge in [0.1, 0.15) is 5.75 Å². The van der Waals surface area contributed by atoms with E-state index in [0.717, 1.165) is 31.6 Å². The Labute approximate surface area is 84.5 Å². The lowest BCUT2D eigenvalue weighted by Crippen LogP contribution is -2.15. The fraction of sp³-hybridized carbons (Fsp3) is 0.500. The van der Waals surface area contributed by atoms with Crippen LogP contribution in [0.25, 0.3) is 0 Å². The fourth-order valence-electron chi connectivity index (χ4n) is 2.18. The summed E-state index contributed by atoms with van der Waals surface area (Å²) in [5, 5.41) is 9.80. The highest BCUT2D eigenvalue weighted by atomic mass is 16.5. The van der Waals surface area contributed by atoms with Crippen LogP contribution in [0.1, 0.15) is 29.9 Å². The van der Waals surface area contributed by atoms with Crippen molar-refractivity contribution in [1.82, 2.24) is 0 Å². The Kier molecular flexibility index (Phi) is 2.73. The molecule has 0 amide bonds. The van der Waals surface area contributed by atoms with Gasteiger partial charge in [-0.3, -0.25) is 0 Å². The summed E-state index contributed by atoms with van der Waals surface area (Å²) in [4.78, 5) is 0. The van der Waals surface area contributed by atoms with E-state index in [1.54, 1.807) is 6.07 Å². The van der Waals surface area contributed by atoms with Gasteiger partial charge in [0.05, 0.1) is 0 Å². The Balaban J connectivity index is 2.29. The number of ether oxygens (including phenoxy) is 1. The van der Waals surface area contributed by atoms with Gasteiger partial charge < -0.3 is 9.84 Å². The van der Waals surface area contributed by atoms with Crippen LogP contribution < -0.4 is 0 Å². The van der Waals surface area contributed by atoms with Gasteiger partial charge in [-0.1, -0.05) is 12.1 Å². The third kappa shape index (κ3) is 1.75. The van der Waals surface area contributed by atoms with E-state index >= 15 is 0 Å². The van der Waals surface area contributed by atoms with E-state index in [0.29, 0.717) is 11.7 Å². The highest BCUT2D eigenvalue weighted by Crippen LogP contribution is 2.34. The standard InChI is InChI=1S/C12H16O2/c1-9-3-2-4-11(13)12(9)10-5-7-14-8-6-10/h2-4,10,13H,5-8H2,1H3. The molecule has 1 N–H and O–H groups in total. The number of aryl methyl sites for hydroxylation is 1. The molecule has 1 fully saturated rings. The fourth-order valence-corrected chi connectivity index (χ4v) is 2.18. The molecule has 1 aromatic carbocycles. The maximum absolute atomic E-state index is 9.80. The Morgan fingerprint density at radius 2 is 2.00 bits per heavy atom. The van der Waals surface area contributed by atoms with E-state index < -0.39 is 0 Å². The first-order chi connectivity index (χ1) is 6.79. The second kappa shape index (κ2) is 4.01. The normalized spacial score (nSPS) is 18.4. The number of hydrogen-bond donors (Lipinski definition) is 1. The van der Waals surface area contributed by atoms with E-state index in [1.165, 1.54) is 5.56 Å². The van der Waals surface area contributed by atoms with Gasteiger partial charge in [0.25, 0.3) is 0 Å². The number of aromatic hydroxyl groups is 1. The van der Waals surface area contributed by atoms with Crippen molar-refractivity contribution in [2.45, 2.75) is 25.7 Å². The van der Waals surface area contributed by atoms with Crippen LogP contribution in [-0.4, -0.2) is 18.3 Å². The Hall–Kier alpha value is -1.02. The lowest BCUT2D eigenvalue weighted by atomic mass is 9.88. The number of hydrogen-bond acceptors (Lipinski definition) is 2. The highest BCUT2D eigenvalue weighted by molar-refractivity contribution is 5.41. The van der Waals surface area contributed by atoms with Crippen molar-refractivity contribution >= 4 is 0 Å². The molecular weight excluding hydrogens is 176 g/mol. The summed E-state index contributed by atoms with van der Waals surface area (Å²) in [6.45, 7) is 3.70. The summed E-state index contributed by atoms with van der Waals surface area (Å²) in [6, 6.07) is 5.73. The molecule has 14 heavy (non-hydrogen) atoms.